The Kier molecular flexibility index (Phi) is 3.82. The quantitative estimate of drug-likeness (QED) is 0.844. The summed E-state index contributed by atoms with van der Waals surface area (Å²) < 4.78 is 13.9. The van der Waals surface area contributed by atoms with Crippen molar-refractivity contribution in [1.82, 2.24) is 5.32 Å². The van der Waals surface area contributed by atoms with E-state index in [1.54, 1.807) is 13.8 Å². The van der Waals surface area contributed by atoms with E-state index in [2.05, 4.69) is 11.4 Å². The number of nitrogens with one attached hydrogen (secondary N) is 1. The van der Waals surface area contributed by atoms with Gasteiger partial charge in [-0.2, -0.15) is 0 Å². The van der Waals surface area contributed by atoms with Crippen LogP contribution in [0.5, 0.6) is 0 Å². The number of hydrogen-bond acceptors (Lipinski definition) is 1. The third kappa shape index (κ3) is 3.53. The lowest BCUT2D eigenvalue weighted by molar-refractivity contribution is 0.221. The maximum absolute atomic E-state index is 13.9. The molecule has 2 heteroatoms. The summed E-state index contributed by atoms with van der Waals surface area (Å²) in [6.45, 7) is 4.36. The van der Waals surface area contributed by atoms with Gasteiger partial charge >= 0.3 is 0 Å². The fraction of sp³-hybridized carbons (Fsp3) is 0.600. The minimum absolute atomic E-state index is 0.571. The van der Waals surface area contributed by atoms with Gasteiger partial charge in [0.15, 0.2) is 0 Å². The maximum Gasteiger partial charge on any atom is 0.130 e. The Morgan fingerprint density at radius 3 is 2.82 bits per heavy atom. The average molecular weight is 235 g/mol. The normalized spacial score (nSPS) is 21.5. The lowest BCUT2D eigenvalue weighted by atomic mass is 9.93. The van der Waals surface area contributed by atoms with Crippen LogP contribution in [-0.4, -0.2) is 12.6 Å². The van der Waals surface area contributed by atoms with E-state index in [1.165, 1.54) is 24.8 Å². The standard InChI is InChI=1S/C15H22FN/c1-15(2,16)13-7-5-6-12(10-13)11-14-8-3-4-9-17-14/h5-7,10,14,17H,3-4,8-9,11H2,1-2H3. The zero-order chi connectivity index (χ0) is 12.3. The van der Waals surface area contributed by atoms with Crippen LogP contribution < -0.4 is 5.32 Å². The molecular formula is C15H22FN. The molecule has 0 bridgehead atoms. The van der Waals surface area contributed by atoms with E-state index in [0.29, 0.717) is 6.04 Å². The fourth-order valence-electron chi connectivity index (χ4n) is 2.45. The second-order valence-electron chi connectivity index (χ2n) is 5.52. The first kappa shape index (κ1) is 12.6. The number of alkyl halides is 1. The molecule has 2 rings (SSSR count). The van der Waals surface area contributed by atoms with E-state index >= 15 is 0 Å². The van der Waals surface area contributed by atoms with E-state index in [4.69, 9.17) is 0 Å². The highest BCUT2D eigenvalue weighted by Crippen LogP contribution is 2.25. The van der Waals surface area contributed by atoms with Crippen LogP contribution in [0.3, 0.4) is 0 Å². The van der Waals surface area contributed by atoms with Gasteiger partial charge < -0.3 is 5.32 Å². The summed E-state index contributed by atoms with van der Waals surface area (Å²) >= 11 is 0. The highest BCUT2D eigenvalue weighted by atomic mass is 19.1. The van der Waals surface area contributed by atoms with Crippen LogP contribution in [0, 0.1) is 0 Å². The van der Waals surface area contributed by atoms with Crippen LogP contribution in [0.2, 0.25) is 0 Å². The number of rotatable bonds is 3. The molecule has 0 aliphatic carbocycles. The Hall–Kier alpha value is -0.890. The maximum atomic E-state index is 13.9. The van der Waals surface area contributed by atoms with E-state index < -0.39 is 5.67 Å². The van der Waals surface area contributed by atoms with Crippen molar-refractivity contribution in [2.75, 3.05) is 6.54 Å². The average Bonchev–Trinajstić information content (AvgIpc) is 2.29. The van der Waals surface area contributed by atoms with Gasteiger partial charge in [-0.25, -0.2) is 4.39 Å². The van der Waals surface area contributed by atoms with Crippen molar-refractivity contribution in [2.45, 2.75) is 51.2 Å². The number of benzene rings is 1. The molecular weight excluding hydrogens is 213 g/mol. The first-order chi connectivity index (χ1) is 8.05. The second kappa shape index (κ2) is 5.18. The van der Waals surface area contributed by atoms with E-state index in [9.17, 15) is 4.39 Å². The topological polar surface area (TPSA) is 12.0 Å². The van der Waals surface area contributed by atoms with Crippen molar-refractivity contribution in [3.05, 3.63) is 35.4 Å². The van der Waals surface area contributed by atoms with Gasteiger partial charge in [0.05, 0.1) is 0 Å². The van der Waals surface area contributed by atoms with Crippen LogP contribution in [-0.2, 0) is 12.1 Å². The van der Waals surface area contributed by atoms with E-state index in [-0.39, 0.29) is 0 Å². The molecule has 1 fully saturated rings. The van der Waals surface area contributed by atoms with E-state index in [1.807, 2.05) is 18.2 Å². The zero-order valence-electron chi connectivity index (χ0n) is 10.8. The van der Waals surface area contributed by atoms with Gasteiger partial charge in [-0.3, -0.25) is 0 Å². The molecule has 17 heavy (non-hydrogen) atoms. The molecule has 1 aromatic rings. The van der Waals surface area contributed by atoms with Crippen molar-refractivity contribution < 1.29 is 4.39 Å². The highest BCUT2D eigenvalue weighted by Gasteiger charge is 2.19. The number of hydrogen-bond donors (Lipinski definition) is 1. The summed E-state index contributed by atoms with van der Waals surface area (Å²) in [5.74, 6) is 0. The number of halogens is 1. The third-order valence-corrected chi connectivity index (χ3v) is 3.51. The summed E-state index contributed by atoms with van der Waals surface area (Å²) in [7, 11) is 0. The van der Waals surface area contributed by atoms with Crippen LogP contribution >= 0.6 is 0 Å². The first-order valence-electron chi connectivity index (χ1n) is 6.57. The van der Waals surface area contributed by atoms with Crippen LogP contribution in [0.1, 0.15) is 44.2 Å². The summed E-state index contributed by atoms with van der Waals surface area (Å²) in [4.78, 5) is 0. The van der Waals surface area contributed by atoms with Crippen molar-refractivity contribution in [3.8, 4) is 0 Å². The second-order valence-corrected chi connectivity index (χ2v) is 5.52. The molecule has 1 aromatic carbocycles. The molecule has 1 unspecified atom stereocenters. The van der Waals surface area contributed by atoms with Crippen molar-refractivity contribution in [2.24, 2.45) is 0 Å². The Balaban J connectivity index is 2.05. The Morgan fingerprint density at radius 1 is 1.35 bits per heavy atom. The molecule has 94 valence electrons. The van der Waals surface area contributed by atoms with Crippen LogP contribution in [0.15, 0.2) is 24.3 Å². The summed E-state index contributed by atoms with van der Waals surface area (Å²) in [5.41, 5.74) is 0.786. The van der Waals surface area contributed by atoms with Gasteiger partial charge in [-0.15, -0.1) is 0 Å². The molecule has 0 amide bonds. The largest absolute Gasteiger partial charge is 0.314 e. The third-order valence-electron chi connectivity index (χ3n) is 3.51. The predicted octanol–water partition coefficient (Wildman–Crippen LogP) is 3.58. The van der Waals surface area contributed by atoms with Gasteiger partial charge in [-0.1, -0.05) is 30.7 Å². The molecule has 0 aromatic heterocycles. The zero-order valence-corrected chi connectivity index (χ0v) is 10.8. The number of piperidine rings is 1. The van der Waals surface area contributed by atoms with Crippen LogP contribution in [0.4, 0.5) is 4.39 Å². The first-order valence-corrected chi connectivity index (χ1v) is 6.57. The van der Waals surface area contributed by atoms with Crippen LogP contribution in [0.25, 0.3) is 0 Å². The Bertz CT molecular complexity index is 361. The molecule has 0 radical (unpaired) electrons. The Labute approximate surface area is 103 Å². The molecule has 1 aliphatic heterocycles. The highest BCUT2D eigenvalue weighted by molar-refractivity contribution is 5.28. The molecule has 1 nitrogen and oxygen atoms in total. The monoisotopic (exact) mass is 235 g/mol. The van der Waals surface area contributed by atoms with Gasteiger partial charge in [0, 0.05) is 6.04 Å². The summed E-state index contributed by atoms with van der Waals surface area (Å²) in [5, 5.41) is 3.53. The predicted molar refractivity (Wildman–Crippen MR) is 69.9 cm³/mol. The van der Waals surface area contributed by atoms with Crippen molar-refractivity contribution >= 4 is 0 Å². The fourth-order valence-corrected chi connectivity index (χ4v) is 2.45. The Morgan fingerprint density at radius 2 is 2.18 bits per heavy atom. The molecule has 1 atom stereocenters. The summed E-state index contributed by atoms with van der Waals surface area (Å²) in [6, 6.07) is 8.52. The van der Waals surface area contributed by atoms with Crippen molar-refractivity contribution in [3.63, 3.8) is 0 Å². The molecule has 1 N–H and O–H groups in total. The van der Waals surface area contributed by atoms with E-state index in [0.717, 1.165) is 18.5 Å². The molecule has 0 spiro atoms. The lowest BCUT2D eigenvalue weighted by Crippen LogP contribution is -2.35. The molecule has 1 saturated heterocycles. The SMILES string of the molecule is CC(C)(F)c1cccc(CC2CCCCN2)c1. The minimum Gasteiger partial charge on any atom is -0.314 e. The molecule has 0 saturated carbocycles. The lowest BCUT2D eigenvalue weighted by Gasteiger charge is -2.24. The van der Waals surface area contributed by atoms with Crippen molar-refractivity contribution in [1.29, 1.82) is 0 Å². The molecule has 1 aliphatic rings. The summed E-state index contributed by atoms with van der Waals surface area (Å²) in [6.07, 6.45) is 4.85. The van der Waals surface area contributed by atoms with Gasteiger partial charge in [0.25, 0.3) is 0 Å². The van der Waals surface area contributed by atoms with Gasteiger partial charge in [0.2, 0.25) is 0 Å². The van der Waals surface area contributed by atoms with Gasteiger partial charge in [0.1, 0.15) is 5.67 Å². The molecule has 1 heterocycles. The smallest absolute Gasteiger partial charge is 0.130 e. The van der Waals surface area contributed by atoms with Gasteiger partial charge in [-0.05, 0) is 50.8 Å². The minimum atomic E-state index is -1.24.